The summed E-state index contributed by atoms with van der Waals surface area (Å²) in [5.41, 5.74) is 2.87. The van der Waals surface area contributed by atoms with Crippen molar-refractivity contribution in [2.24, 2.45) is 7.05 Å². The molecule has 0 saturated heterocycles. The van der Waals surface area contributed by atoms with Crippen molar-refractivity contribution in [2.75, 3.05) is 26.9 Å². The van der Waals surface area contributed by atoms with Crippen molar-refractivity contribution < 1.29 is 19.3 Å². The summed E-state index contributed by atoms with van der Waals surface area (Å²) in [5, 5.41) is 15.4. The quantitative estimate of drug-likeness (QED) is 0.326. The fourth-order valence-electron chi connectivity index (χ4n) is 3.97. The zero-order valence-electron chi connectivity index (χ0n) is 19.7. The lowest BCUT2D eigenvalue weighted by atomic mass is 10.1. The van der Waals surface area contributed by atoms with Crippen LogP contribution in [0.15, 0.2) is 54.6 Å². The van der Waals surface area contributed by atoms with Crippen molar-refractivity contribution >= 4 is 0 Å². The number of nitrogens with zero attached hydrogens (tertiary/aromatic N) is 3. The van der Waals surface area contributed by atoms with Crippen molar-refractivity contribution in [3.8, 4) is 41.0 Å². The lowest BCUT2D eigenvalue weighted by Crippen LogP contribution is -2.36. The van der Waals surface area contributed by atoms with Gasteiger partial charge in [0.25, 0.3) is 0 Å². The molecular formula is C27H31N3O4. The van der Waals surface area contributed by atoms with Gasteiger partial charge >= 0.3 is 0 Å². The van der Waals surface area contributed by atoms with Crippen LogP contribution in [0, 0.1) is 12.3 Å². The van der Waals surface area contributed by atoms with E-state index in [9.17, 15) is 5.11 Å². The molecule has 178 valence electrons. The molecule has 1 atom stereocenters. The van der Waals surface area contributed by atoms with Crippen molar-refractivity contribution in [1.29, 1.82) is 0 Å². The van der Waals surface area contributed by atoms with Gasteiger partial charge in [-0.25, -0.2) is 4.68 Å². The second kappa shape index (κ2) is 11.2. The lowest BCUT2D eigenvalue weighted by Gasteiger charge is -2.25. The number of aliphatic hydroxyl groups is 1. The summed E-state index contributed by atoms with van der Waals surface area (Å²) in [5.74, 6) is 4.58. The molecule has 0 amide bonds. The average Bonchev–Trinajstić information content (AvgIpc) is 3.66. The second-order valence-electron chi connectivity index (χ2n) is 8.43. The molecule has 0 bridgehead atoms. The number of methoxy groups -OCH3 is 1. The standard InChI is InChI=1S/C27H31N3O4/c1-4-16-33-19-22(31)17-30(21-10-11-21)18-25-26(20-8-6-5-7-9-20)28-29(2)27(25)34-24-14-12-23(32-3)13-15-24/h1,5-9,12-15,21-22,31H,10-11,16-19H2,2-3H3. The SMILES string of the molecule is C#CCOCC(O)CN(Cc1c(-c2ccccc2)nn(C)c1Oc1ccc(OC)cc1)C1CC1. The third-order valence-corrected chi connectivity index (χ3v) is 5.77. The van der Waals surface area contributed by atoms with E-state index in [2.05, 4.69) is 10.8 Å². The predicted molar refractivity (Wildman–Crippen MR) is 131 cm³/mol. The van der Waals surface area contributed by atoms with Crippen LogP contribution in [-0.4, -0.2) is 58.8 Å². The van der Waals surface area contributed by atoms with Gasteiger partial charge in [0.05, 0.1) is 25.4 Å². The lowest BCUT2D eigenvalue weighted by molar-refractivity contribution is 0.0241. The molecule has 0 radical (unpaired) electrons. The number of aromatic nitrogens is 2. The van der Waals surface area contributed by atoms with E-state index in [1.165, 1.54) is 0 Å². The molecule has 1 unspecified atom stereocenters. The summed E-state index contributed by atoms with van der Waals surface area (Å²) in [4.78, 5) is 2.29. The summed E-state index contributed by atoms with van der Waals surface area (Å²) in [7, 11) is 3.53. The third kappa shape index (κ3) is 5.97. The van der Waals surface area contributed by atoms with E-state index in [4.69, 9.17) is 25.7 Å². The van der Waals surface area contributed by atoms with Crippen LogP contribution in [0.4, 0.5) is 0 Å². The molecule has 0 spiro atoms. The van der Waals surface area contributed by atoms with Crippen molar-refractivity contribution in [3.05, 3.63) is 60.2 Å². The van der Waals surface area contributed by atoms with Gasteiger partial charge in [-0.2, -0.15) is 5.10 Å². The molecule has 2 aromatic carbocycles. The molecule has 4 rings (SSSR count). The number of ether oxygens (including phenoxy) is 3. The molecule has 0 aliphatic heterocycles. The van der Waals surface area contributed by atoms with Crippen LogP contribution >= 0.6 is 0 Å². The predicted octanol–water partition coefficient (Wildman–Crippen LogP) is 3.86. The minimum absolute atomic E-state index is 0.196. The second-order valence-corrected chi connectivity index (χ2v) is 8.43. The maximum absolute atomic E-state index is 10.5. The molecule has 3 aromatic rings. The van der Waals surface area contributed by atoms with Crippen LogP contribution in [0.25, 0.3) is 11.3 Å². The van der Waals surface area contributed by atoms with Crippen LogP contribution < -0.4 is 9.47 Å². The third-order valence-electron chi connectivity index (χ3n) is 5.77. The number of aryl methyl sites for hydroxylation is 1. The normalized spacial score (nSPS) is 14.1. The molecular weight excluding hydrogens is 430 g/mol. The summed E-state index contributed by atoms with van der Waals surface area (Å²) >= 11 is 0. The highest BCUT2D eigenvalue weighted by molar-refractivity contribution is 5.65. The number of aliphatic hydroxyl groups excluding tert-OH is 1. The Balaban J connectivity index is 1.63. The smallest absolute Gasteiger partial charge is 0.222 e. The highest BCUT2D eigenvalue weighted by Crippen LogP contribution is 2.37. The van der Waals surface area contributed by atoms with Crippen LogP contribution in [0.1, 0.15) is 18.4 Å². The maximum atomic E-state index is 10.5. The van der Waals surface area contributed by atoms with Gasteiger partial charge in [-0.15, -0.1) is 6.42 Å². The molecule has 1 heterocycles. The summed E-state index contributed by atoms with van der Waals surface area (Å²) in [6, 6.07) is 18.0. The monoisotopic (exact) mass is 461 g/mol. The van der Waals surface area contributed by atoms with E-state index >= 15 is 0 Å². The van der Waals surface area contributed by atoms with Crippen LogP contribution in [0.3, 0.4) is 0 Å². The first-order chi connectivity index (χ1) is 16.6. The van der Waals surface area contributed by atoms with E-state index in [1.54, 1.807) is 11.8 Å². The van der Waals surface area contributed by atoms with Gasteiger partial charge in [-0.05, 0) is 37.1 Å². The Kier molecular flexibility index (Phi) is 7.86. The Morgan fingerprint density at radius 3 is 2.50 bits per heavy atom. The Morgan fingerprint density at radius 2 is 1.85 bits per heavy atom. The first-order valence-corrected chi connectivity index (χ1v) is 11.5. The number of hydrogen-bond donors (Lipinski definition) is 1. The van der Waals surface area contributed by atoms with Gasteiger partial charge in [-0.3, -0.25) is 4.90 Å². The summed E-state index contributed by atoms with van der Waals surface area (Å²) in [6.45, 7) is 1.49. The first-order valence-electron chi connectivity index (χ1n) is 11.5. The number of terminal acetylenes is 1. The first kappa shape index (κ1) is 23.8. The zero-order chi connectivity index (χ0) is 23.9. The van der Waals surface area contributed by atoms with Gasteiger partial charge in [0.1, 0.15) is 23.8 Å². The Morgan fingerprint density at radius 1 is 1.15 bits per heavy atom. The topological polar surface area (TPSA) is 69.0 Å². The van der Waals surface area contributed by atoms with Gasteiger partial charge in [0.2, 0.25) is 5.88 Å². The van der Waals surface area contributed by atoms with Gasteiger partial charge in [0.15, 0.2) is 0 Å². The molecule has 1 fully saturated rings. The molecule has 1 aromatic heterocycles. The van der Waals surface area contributed by atoms with Crippen LogP contribution in [0.5, 0.6) is 17.4 Å². The number of rotatable bonds is 12. The van der Waals surface area contributed by atoms with Gasteiger partial charge in [-0.1, -0.05) is 36.3 Å². The van der Waals surface area contributed by atoms with Gasteiger partial charge < -0.3 is 19.3 Å². The van der Waals surface area contributed by atoms with Gasteiger partial charge in [0, 0.05) is 31.7 Å². The van der Waals surface area contributed by atoms with E-state index < -0.39 is 6.10 Å². The summed E-state index contributed by atoms with van der Waals surface area (Å²) in [6.07, 6.45) is 6.83. The zero-order valence-corrected chi connectivity index (χ0v) is 19.7. The molecule has 1 aliphatic carbocycles. The van der Waals surface area contributed by atoms with E-state index in [1.807, 2.05) is 61.6 Å². The molecule has 34 heavy (non-hydrogen) atoms. The van der Waals surface area contributed by atoms with E-state index in [-0.39, 0.29) is 13.2 Å². The molecule has 7 heteroatoms. The highest BCUT2D eigenvalue weighted by atomic mass is 16.5. The minimum atomic E-state index is -0.628. The van der Waals surface area contributed by atoms with Crippen molar-refractivity contribution in [3.63, 3.8) is 0 Å². The molecule has 1 N–H and O–H groups in total. The van der Waals surface area contributed by atoms with Crippen LogP contribution in [-0.2, 0) is 18.3 Å². The Labute approximate surface area is 200 Å². The van der Waals surface area contributed by atoms with Crippen LogP contribution in [0.2, 0.25) is 0 Å². The van der Waals surface area contributed by atoms with Crippen molar-refractivity contribution in [1.82, 2.24) is 14.7 Å². The number of hydrogen-bond acceptors (Lipinski definition) is 6. The Bertz CT molecular complexity index is 1100. The fraction of sp³-hybridized carbons (Fsp3) is 0.370. The summed E-state index contributed by atoms with van der Waals surface area (Å²) < 4.78 is 18.7. The Hall–Kier alpha value is -3.31. The van der Waals surface area contributed by atoms with E-state index in [0.717, 1.165) is 35.4 Å². The maximum Gasteiger partial charge on any atom is 0.222 e. The van der Waals surface area contributed by atoms with Crippen molar-refractivity contribution in [2.45, 2.75) is 31.5 Å². The molecule has 1 saturated carbocycles. The molecule has 7 nitrogen and oxygen atoms in total. The fourth-order valence-corrected chi connectivity index (χ4v) is 3.97. The minimum Gasteiger partial charge on any atom is -0.497 e. The molecule has 1 aliphatic rings. The average molecular weight is 462 g/mol. The largest absolute Gasteiger partial charge is 0.497 e. The highest BCUT2D eigenvalue weighted by Gasteiger charge is 2.33. The van der Waals surface area contributed by atoms with E-state index in [0.29, 0.717) is 30.8 Å². The number of benzene rings is 2.